The molecule has 3 saturated heterocycles. The van der Waals surface area contributed by atoms with Crippen LogP contribution < -0.4 is 14.4 Å². The van der Waals surface area contributed by atoms with Gasteiger partial charge in [-0.15, -0.1) is 5.10 Å². The van der Waals surface area contributed by atoms with Gasteiger partial charge in [0, 0.05) is 67.9 Å². The number of piperazine rings is 1. The number of piperidine rings is 1. The third-order valence-electron chi connectivity index (χ3n) is 7.71. The van der Waals surface area contributed by atoms with E-state index in [4.69, 9.17) is 19.2 Å². The largest absolute Gasteiger partial charge is 0.481 e. The van der Waals surface area contributed by atoms with Gasteiger partial charge in [-0.1, -0.05) is 6.07 Å². The lowest BCUT2D eigenvalue weighted by Gasteiger charge is -2.56. The summed E-state index contributed by atoms with van der Waals surface area (Å²) in [6.45, 7) is 5.56. The number of aromatic nitrogens is 6. The molecule has 2 bridgehead atoms. The van der Waals surface area contributed by atoms with E-state index in [1.54, 1.807) is 13.3 Å². The van der Waals surface area contributed by atoms with Crippen molar-refractivity contribution in [3.05, 3.63) is 60.7 Å². The molecule has 2 atom stereocenters. The van der Waals surface area contributed by atoms with Crippen LogP contribution in [0.3, 0.4) is 0 Å². The molecular formula is C28H30N8O3. The molecule has 0 radical (unpaired) electrons. The summed E-state index contributed by atoms with van der Waals surface area (Å²) in [7, 11) is 1.64. The number of rotatable bonds is 9. The van der Waals surface area contributed by atoms with Gasteiger partial charge in [0.1, 0.15) is 11.6 Å². The molecule has 39 heavy (non-hydrogen) atoms. The minimum absolute atomic E-state index is 0.183. The zero-order chi connectivity index (χ0) is 26.3. The van der Waals surface area contributed by atoms with Gasteiger partial charge in [-0.05, 0) is 37.1 Å². The maximum Gasteiger partial charge on any atom is 0.212 e. The Balaban J connectivity index is 1.10. The molecule has 5 aromatic heterocycles. The number of ether oxygens (including phenoxy) is 3. The second-order valence-electron chi connectivity index (χ2n) is 10.0. The standard InChI is InChI=1S/C28H30N8O3/c1-3-38-17-39-22-9-23(27-24-12-31-32-28(24)33-36(27)16-22)19-5-6-25(29-11-19)34-14-20-8-21(15-34)35(20)13-18-4-7-26(37-2)30-10-18/h4-7,9-12,16,20-21H,3,8,13-15,17H2,1-2H3,(H,32,33). The summed E-state index contributed by atoms with van der Waals surface area (Å²) in [4.78, 5) is 14.2. The zero-order valence-electron chi connectivity index (χ0n) is 21.9. The van der Waals surface area contributed by atoms with Crippen molar-refractivity contribution in [1.29, 1.82) is 0 Å². The summed E-state index contributed by atoms with van der Waals surface area (Å²) in [5.41, 5.74) is 4.87. The fourth-order valence-corrected chi connectivity index (χ4v) is 5.73. The van der Waals surface area contributed by atoms with Crippen molar-refractivity contribution in [1.82, 2.24) is 34.7 Å². The number of aromatic amines is 1. The van der Waals surface area contributed by atoms with E-state index in [0.29, 0.717) is 30.3 Å². The summed E-state index contributed by atoms with van der Waals surface area (Å²) in [6, 6.07) is 11.3. The number of hydrogen-bond donors (Lipinski definition) is 1. The lowest BCUT2D eigenvalue weighted by Crippen LogP contribution is -2.68. The average molecular weight is 527 g/mol. The Morgan fingerprint density at radius 2 is 1.95 bits per heavy atom. The van der Waals surface area contributed by atoms with E-state index in [1.165, 1.54) is 12.0 Å². The van der Waals surface area contributed by atoms with Crippen molar-refractivity contribution in [2.45, 2.75) is 32.0 Å². The van der Waals surface area contributed by atoms with E-state index in [1.807, 2.05) is 42.2 Å². The maximum atomic E-state index is 5.84. The second kappa shape index (κ2) is 9.83. The van der Waals surface area contributed by atoms with Crippen LogP contribution in [-0.4, -0.2) is 80.4 Å². The molecule has 8 rings (SSSR count). The first kappa shape index (κ1) is 23.9. The van der Waals surface area contributed by atoms with Gasteiger partial charge in [0.25, 0.3) is 0 Å². The van der Waals surface area contributed by atoms with Crippen LogP contribution in [0.4, 0.5) is 5.82 Å². The number of pyridine rings is 3. The molecule has 1 N–H and O–H groups in total. The molecule has 11 heteroatoms. The number of H-pyrrole nitrogens is 1. The van der Waals surface area contributed by atoms with E-state index in [2.05, 4.69) is 48.3 Å². The number of nitrogens with zero attached hydrogens (tertiary/aromatic N) is 7. The van der Waals surface area contributed by atoms with Gasteiger partial charge in [-0.3, -0.25) is 10.00 Å². The van der Waals surface area contributed by atoms with Crippen LogP contribution in [0.2, 0.25) is 0 Å². The predicted octanol–water partition coefficient (Wildman–Crippen LogP) is 3.51. The molecule has 200 valence electrons. The Bertz CT molecular complexity index is 1590. The van der Waals surface area contributed by atoms with E-state index in [0.717, 1.165) is 53.1 Å². The molecule has 11 nitrogen and oxygen atoms in total. The number of nitrogens with one attached hydrogen (secondary N) is 1. The van der Waals surface area contributed by atoms with Crippen molar-refractivity contribution in [3.63, 3.8) is 0 Å². The highest BCUT2D eigenvalue weighted by Crippen LogP contribution is 2.37. The van der Waals surface area contributed by atoms with Gasteiger partial charge in [-0.2, -0.15) is 5.10 Å². The van der Waals surface area contributed by atoms with Crippen LogP contribution in [0, 0.1) is 0 Å². The third kappa shape index (κ3) is 4.33. The minimum Gasteiger partial charge on any atom is -0.481 e. The Labute approximate surface area is 225 Å². The van der Waals surface area contributed by atoms with E-state index in [-0.39, 0.29) is 6.79 Å². The maximum absolute atomic E-state index is 5.84. The monoisotopic (exact) mass is 526 g/mol. The molecule has 0 saturated carbocycles. The number of anilines is 1. The van der Waals surface area contributed by atoms with Crippen molar-refractivity contribution >= 4 is 22.4 Å². The molecule has 8 heterocycles. The van der Waals surface area contributed by atoms with Gasteiger partial charge in [0.05, 0.1) is 30.4 Å². The molecule has 0 amide bonds. The Hall–Kier alpha value is -4.22. The summed E-state index contributed by atoms with van der Waals surface area (Å²) in [6.07, 6.45) is 8.75. The fraction of sp³-hybridized carbons (Fsp3) is 0.357. The molecule has 5 aromatic rings. The van der Waals surface area contributed by atoms with Crippen molar-refractivity contribution in [2.75, 3.05) is 38.5 Å². The lowest BCUT2D eigenvalue weighted by atomic mass is 9.87. The zero-order valence-corrected chi connectivity index (χ0v) is 21.9. The Kier molecular flexibility index (Phi) is 6.01. The van der Waals surface area contributed by atoms with Crippen LogP contribution in [0.5, 0.6) is 11.6 Å². The van der Waals surface area contributed by atoms with Crippen LogP contribution in [0.1, 0.15) is 18.9 Å². The summed E-state index contributed by atoms with van der Waals surface area (Å²) < 4.78 is 18.2. The summed E-state index contributed by atoms with van der Waals surface area (Å²) in [5.74, 6) is 2.33. The highest BCUT2D eigenvalue weighted by molar-refractivity contribution is 6.00. The fourth-order valence-electron chi connectivity index (χ4n) is 5.73. The molecular weight excluding hydrogens is 496 g/mol. The average Bonchev–Trinajstić information content (AvgIpc) is 3.57. The summed E-state index contributed by atoms with van der Waals surface area (Å²) >= 11 is 0. The summed E-state index contributed by atoms with van der Waals surface area (Å²) in [5, 5.41) is 12.7. The number of fused-ring (bicyclic) bond motifs is 5. The van der Waals surface area contributed by atoms with Crippen LogP contribution in [-0.2, 0) is 11.3 Å². The van der Waals surface area contributed by atoms with E-state index < -0.39 is 0 Å². The second-order valence-corrected chi connectivity index (χ2v) is 10.0. The number of methoxy groups -OCH3 is 1. The SMILES string of the molecule is CCOCOc1cc(-c2ccc(N3CC4CC(C3)N4Cc3ccc(OC)nc3)nc2)c2c3cn[nH]c3nn2c1. The topological polar surface area (TPSA) is 106 Å². The van der Waals surface area contributed by atoms with Gasteiger partial charge >= 0.3 is 0 Å². The van der Waals surface area contributed by atoms with Crippen LogP contribution in [0.15, 0.2) is 55.1 Å². The molecule has 3 fully saturated rings. The predicted molar refractivity (Wildman–Crippen MR) is 146 cm³/mol. The molecule has 2 unspecified atom stereocenters. The van der Waals surface area contributed by atoms with E-state index in [9.17, 15) is 0 Å². The molecule has 0 aromatic carbocycles. The van der Waals surface area contributed by atoms with Crippen LogP contribution >= 0.6 is 0 Å². The van der Waals surface area contributed by atoms with Crippen molar-refractivity contribution in [2.24, 2.45) is 0 Å². The molecule has 0 spiro atoms. The van der Waals surface area contributed by atoms with E-state index >= 15 is 0 Å². The smallest absolute Gasteiger partial charge is 0.212 e. The third-order valence-corrected chi connectivity index (χ3v) is 7.71. The van der Waals surface area contributed by atoms with Crippen molar-refractivity contribution < 1.29 is 14.2 Å². The van der Waals surface area contributed by atoms with Gasteiger partial charge in [0.15, 0.2) is 12.4 Å². The molecule has 0 aliphatic carbocycles. The van der Waals surface area contributed by atoms with Gasteiger partial charge in [-0.25, -0.2) is 14.5 Å². The quantitative estimate of drug-likeness (QED) is 0.228. The van der Waals surface area contributed by atoms with Crippen molar-refractivity contribution in [3.8, 4) is 22.8 Å². The highest BCUT2D eigenvalue weighted by Gasteiger charge is 2.44. The highest BCUT2D eigenvalue weighted by atomic mass is 16.7. The Morgan fingerprint density at radius 1 is 1.05 bits per heavy atom. The minimum atomic E-state index is 0.183. The number of hydrogen-bond acceptors (Lipinski definition) is 9. The first-order valence-corrected chi connectivity index (χ1v) is 13.2. The first-order valence-electron chi connectivity index (χ1n) is 13.2. The Morgan fingerprint density at radius 3 is 2.69 bits per heavy atom. The van der Waals surface area contributed by atoms with Crippen LogP contribution in [0.25, 0.3) is 27.7 Å². The first-order chi connectivity index (χ1) is 19.2. The lowest BCUT2D eigenvalue weighted by molar-refractivity contribution is -0.00876. The normalized spacial score (nSPS) is 19.0. The molecule has 3 aliphatic rings. The molecule has 3 aliphatic heterocycles. The van der Waals surface area contributed by atoms with Gasteiger partial charge < -0.3 is 19.1 Å². The van der Waals surface area contributed by atoms with Gasteiger partial charge in [0.2, 0.25) is 5.88 Å².